The van der Waals surface area contributed by atoms with Gasteiger partial charge in [0.2, 0.25) is 0 Å². The lowest BCUT2D eigenvalue weighted by atomic mass is 10.1. The third-order valence-corrected chi connectivity index (χ3v) is 3.22. The van der Waals surface area contributed by atoms with Crippen molar-refractivity contribution in [3.63, 3.8) is 0 Å². The molecule has 0 heterocycles. The quantitative estimate of drug-likeness (QED) is 0.658. The molecule has 0 saturated heterocycles. The van der Waals surface area contributed by atoms with E-state index in [-0.39, 0.29) is 11.7 Å². The van der Waals surface area contributed by atoms with Crippen LogP contribution in [0.3, 0.4) is 0 Å². The highest BCUT2D eigenvalue weighted by molar-refractivity contribution is 5.91. The maximum atomic E-state index is 12.1. The van der Waals surface area contributed by atoms with Crippen LogP contribution < -0.4 is 0 Å². The van der Waals surface area contributed by atoms with Crippen molar-refractivity contribution in [3.05, 3.63) is 71.8 Å². The van der Waals surface area contributed by atoms with E-state index in [1.165, 1.54) is 18.2 Å². The number of hydrogen-bond acceptors (Lipinski definition) is 3. The molecule has 0 bridgehead atoms. The molecule has 0 spiro atoms. The summed E-state index contributed by atoms with van der Waals surface area (Å²) in [5.74, 6) is 0.0272. The zero-order chi connectivity index (χ0) is 15.8. The minimum absolute atomic E-state index is 0.204. The van der Waals surface area contributed by atoms with Gasteiger partial charge in [0.15, 0.2) is 0 Å². The molecule has 2 aromatic carbocycles. The summed E-state index contributed by atoms with van der Waals surface area (Å²) in [6.07, 6.45) is 3.91. The van der Waals surface area contributed by atoms with Gasteiger partial charge in [0, 0.05) is 6.08 Å². The molecule has 2 rings (SSSR count). The Bertz CT molecular complexity index is 621. The molecule has 0 unspecified atom stereocenters. The summed E-state index contributed by atoms with van der Waals surface area (Å²) in [7, 11) is 1.48. The molecule has 114 valence electrons. The van der Waals surface area contributed by atoms with Crippen LogP contribution >= 0.6 is 0 Å². The molecule has 0 radical (unpaired) electrons. The van der Waals surface area contributed by atoms with Crippen molar-refractivity contribution in [1.82, 2.24) is 5.06 Å². The highest BCUT2D eigenvalue weighted by Gasteiger charge is 2.09. The maximum Gasteiger partial charge on any atom is 0.270 e. The van der Waals surface area contributed by atoms with Gasteiger partial charge in [-0.05, 0) is 35.8 Å². The summed E-state index contributed by atoms with van der Waals surface area (Å²) in [6, 6.07) is 16.5. The zero-order valence-electron chi connectivity index (χ0n) is 12.5. The third-order valence-electron chi connectivity index (χ3n) is 3.22. The van der Waals surface area contributed by atoms with Crippen LogP contribution in [0.4, 0.5) is 0 Å². The van der Waals surface area contributed by atoms with Crippen LogP contribution in [0.25, 0.3) is 6.08 Å². The molecule has 22 heavy (non-hydrogen) atoms. The number of aromatic hydroxyl groups is 1. The summed E-state index contributed by atoms with van der Waals surface area (Å²) >= 11 is 0. The topological polar surface area (TPSA) is 49.8 Å². The van der Waals surface area contributed by atoms with Crippen molar-refractivity contribution in [3.8, 4) is 5.75 Å². The number of hydrogen-bond donors (Lipinski definition) is 1. The predicted molar refractivity (Wildman–Crippen MR) is 86.0 cm³/mol. The number of carbonyl (C=O) groups excluding carboxylic acids is 1. The number of amides is 1. The van der Waals surface area contributed by atoms with Crippen LogP contribution in [-0.4, -0.2) is 29.7 Å². The monoisotopic (exact) mass is 297 g/mol. The summed E-state index contributed by atoms with van der Waals surface area (Å²) < 4.78 is 0. The first-order chi connectivity index (χ1) is 10.7. The number of benzene rings is 2. The van der Waals surface area contributed by atoms with Crippen molar-refractivity contribution < 1.29 is 14.7 Å². The first-order valence-corrected chi connectivity index (χ1v) is 7.05. The minimum Gasteiger partial charge on any atom is -0.508 e. The fourth-order valence-electron chi connectivity index (χ4n) is 2.00. The fraction of sp³-hybridized carbons (Fsp3) is 0.167. The molecule has 0 aliphatic rings. The molecule has 1 N–H and O–H groups in total. The Balaban J connectivity index is 1.91. The Labute approximate surface area is 130 Å². The standard InChI is InChI=1S/C18H19NO3/c1-22-19(14-13-16-7-10-17(20)11-8-16)18(21)12-9-15-5-3-2-4-6-15/h2-12,20H,13-14H2,1H3. The van der Waals surface area contributed by atoms with Gasteiger partial charge < -0.3 is 5.11 Å². The smallest absolute Gasteiger partial charge is 0.270 e. The van der Waals surface area contributed by atoms with Crippen LogP contribution in [-0.2, 0) is 16.1 Å². The maximum absolute atomic E-state index is 12.1. The van der Waals surface area contributed by atoms with Gasteiger partial charge in [0.25, 0.3) is 5.91 Å². The molecule has 4 nitrogen and oxygen atoms in total. The lowest BCUT2D eigenvalue weighted by molar-refractivity contribution is -0.169. The van der Waals surface area contributed by atoms with Crippen molar-refractivity contribution in [2.75, 3.05) is 13.7 Å². The van der Waals surface area contributed by atoms with Gasteiger partial charge in [-0.25, -0.2) is 5.06 Å². The number of hydroxylamine groups is 2. The van der Waals surface area contributed by atoms with E-state index < -0.39 is 0 Å². The largest absolute Gasteiger partial charge is 0.508 e. The van der Waals surface area contributed by atoms with E-state index in [4.69, 9.17) is 4.84 Å². The van der Waals surface area contributed by atoms with Gasteiger partial charge in [-0.2, -0.15) is 0 Å². The van der Waals surface area contributed by atoms with Crippen LogP contribution in [0.2, 0.25) is 0 Å². The Morgan fingerprint density at radius 1 is 1.14 bits per heavy atom. The average molecular weight is 297 g/mol. The van der Waals surface area contributed by atoms with E-state index in [2.05, 4.69) is 0 Å². The number of carbonyl (C=O) groups is 1. The van der Waals surface area contributed by atoms with E-state index in [0.717, 1.165) is 11.1 Å². The van der Waals surface area contributed by atoms with Crippen LogP contribution in [0, 0.1) is 0 Å². The van der Waals surface area contributed by atoms with Gasteiger partial charge in [-0.3, -0.25) is 9.63 Å². The Morgan fingerprint density at radius 2 is 1.82 bits per heavy atom. The van der Waals surface area contributed by atoms with Gasteiger partial charge in [-0.1, -0.05) is 42.5 Å². The van der Waals surface area contributed by atoms with Gasteiger partial charge in [0.05, 0.1) is 13.7 Å². The van der Waals surface area contributed by atoms with Crippen molar-refractivity contribution in [2.45, 2.75) is 6.42 Å². The fourth-order valence-corrected chi connectivity index (χ4v) is 2.00. The Morgan fingerprint density at radius 3 is 2.45 bits per heavy atom. The van der Waals surface area contributed by atoms with E-state index in [0.29, 0.717) is 13.0 Å². The van der Waals surface area contributed by atoms with Crippen molar-refractivity contribution >= 4 is 12.0 Å². The highest BCUT2D eigenvalue weighted by Crippen LogP contribution is 2.11. The van der Waals surface area contributed by atoms with Gasteiger partial charge in [0.1, 0.15) is 5.75 Å². The highest BCUT2D eigenvalue weighted by atomic mass is 16.7. The first kappa shape index (κ1) is 15.8. The van der Waals surface area contributed by atoms with E-state index in [9.17, 15) is 9.90 Å². The van der Waals surface area contributed by atoms with Crippen molar-refractivity contribution in [1.29, 1.82) is 0 Å². The molecule has 0 aromatic heterocycles. The second kappa shape index (κ2) is 8.00. The normalized spacial score (nSPS) is 10.8. The molecule has 4 heteroatoms. The molecule has 1 amide bonds. The lowest BCUT2D eigenvalue weighted by Crippen LogP contribution is -2.30. The van der Waals surface area contributed by atoms with Crippen molar-refractivity contribution in [2.24, 2.45) is 0 Å². The average Bonchev–Trinajstić information content (AvgIpc) is 2.56. The lowest BCUT2D eigenvalue weighted by Gasteiger charge is -2.17. The first-order valence-electron chi connectivity index (χ1n) is 7.05. The summed E-state index contributed by atoms with van der Waals surface area (Å²) in [5, 5.41) is 10.6. The zero-order valence-corrected chi connectivity index (χ0v) is 12.5. The minimum atomic E-state index is -0.204. The number of nitrogens with zero attached hydrogens (tertiary/aromatic N) is 1. The second-order valence-electron chi connectivity index (χ2n) is 4.78. The van der Waals surface area contributed by atoms with E-state index in [1.54, 1.807) is 18.2 Å². The number of rotatable bonds is 6. The molecule has 0 atom stereocenters. The van der Waals surface area contributed by atoms with E-state index in [1.807, 2.05) is 42.5 Å². The Kier molecular flexibility index (Phi) is 5.74. The second-order valence-corrected chi connectivity index (χ2v) is 4.78. The number of phenolic OH excluding ortho intramolecular Hbond substituents is 1. The third kappa shape index (κ3) is 4.75. The molecule has 0 saturated carbocycles. The van der Waals surface area contributed by atoms with Crippen LogP contribution in [0.5, 0.6) is 5.75 Å². The molecule has 0 aliphatic carbocycles. The number of phenols is 1. The van der Waals surface area contributed by atoms with Gasteiger partial charge in [-0.15, -0.1) is 0 Å². The molecular formula is C18H19NO3. The molecule has 2 aromatic rings. The summed E-state index contributed by atoms with van der Waals surface area (Å²) in [4.78, 5) is 17.2. The molecular weight excluding hydrogens is 278 g/mol. The summed E-state index contributed by atoms with van der Waals surface area (Å²) in [5.41, 5.74) is 1.99. The van der Waals surface area contributed by atoms with E-state index >= 15 is 0 Å². The SMILES string of the molecule is CON(CCc1ccc(O)cc1)C(=O)C=Cc1ccccc1. The van der Waals surface area contributed by atoms with Crippen LogP contribution in [0.15, 0.2) is 60.7 Å². The predicted octanol–water partition coefficient (Wildman–Crippen LogP) is 3.04. The van der Waals surface area contributed by atoms with Crippen LogP contribution in [0.1, 0.15) is 11.1 Å². The van der Waals surface area contributed by atoms with Gasteiger partial charge >= 0.3 is 0 Å². The molecule has 0 fully saturated rings. The summed E-state index contributed by atoms with van der Waals surface area (Å²) in [6.45, 7) is 0.444. The Hall–Kier alpha value is -2.59. The molecule has 0 aliphatic heterocycles.